The third kappa shape index (κ3) is 7.38. The van der Waals surface area contributed by atoms with Gasteiger partial charge in [0.1, 0.15) is 0 Å². The highest BCUT2D eigenvalue weighted by molar-refractivity contribution is 5.91. The fraction of sp³-hybridized carbons (Fsp3) is 0.259. The molecule has 6 nitrogen and oxygen atoms in total. The number of hydrogen-bond acceptors (Lipinski definition) is 4. The van der Waals surface area contributed by atoms with E-state index < -0.39 is 0 Å². The van der Waals surface area contributed by atoms with Gasteiger partial charge in [-0.3, -0.25) is 9.59 Å². The van der Waals surface area contributed by atoms with Crippen molar-refractivity contribution in [1.29, 1.82) is 0 Å². The van der Waals surface area contributed by atoms with Crippen LogP contribution in [-0.4, -0.2) is 24.2 Å². The maximum absolute atomic E-state index is 12.2. The Bertz CT molecular complexity index is 1150. The standard InChI is InChI=1S/C27H30N2O4/c1-20(2)19-33-24-13-11-21(16-25(24)32-3)12-14-26(30)28-17-22-7-9-23(10-8-22)18-29-15-5-4-6-27(29)31/h4-16,20H,17-19H2,1-3H3,(H,28,30)/b14-12+. The van der Waals surface area contributed by atoms with Crippen molar-refractivity contribution < 1.29 is 14.3 Å². The van der Waals surface area contributed by atoms with Gasteiger partial charge >= 0.3 is 0 Å². The van der Waals surface area contributed by atoms with Gasteiger partial charge in [-0.15, -0.1) is 0 Å². The highest BCUT2D eigenvalue weighted by atomic mass is 16.5. The second-order valence-corrected chi connectivity index (χ2v) is 8.15. The van der Waals surface area contributed by atoms with Crippen molar-refractivity contribution in [2.75, 3.05) is 13.7 Å². The molecule has 0 aliphatic carbocycles. The number of carbonyl (C=O) groups is 1. The first-order valence-corrected chi connectivity index (χ1v) is 10.9. The molecule has 0 aliphatic heterocycles. The third-order valence-electron chi connectivity index (χ3n) is 4.93. The van der Waals surface area contributed by atoms with Crippen LogP contribution in [0.4, 0.5) is 0 Å². The molecule has 172 valence electrons. The fourth-order valence-corrected chi connectivity index (χ4v) is 3.13. The van der Waals surface area contributed by atoms with Gasteiger partial charge in [-0.2, -0.15) is 0 Å². The third-order valence-corrected chi connectivity index (χ3v) is 4.93. The van der Waals surface area contributed by atoms with Crippen LogP contribution in [0.3, 0.4) is 0 Å². The molecule has 33 heavy (non-hydrogen) atoms. The molecule has 2 aromatic carbocycles. The van der Waals surface area contributed by atoms with Crippen molar-refractivity contribution in [2.45, 2.75) is 26.9 Å². The summed E-state index contributed by atoms with van der Waals surface area (Å²) in [5.74, 6) is 1.56. The number of benzene rings is 2. The Morgan fingerprint density at radius 3 is 2.48 bits per heavy atom. The molecular weight excluding hydrogens is 416 g/mol. The molecule has 3 rings (SSSR count). The SMILES string of the molecule is COc1cc(/C=C/C(=O)NCc2ccc(Cn3ccccc3=O)cc2)ccc1OCC(C)C. The largest absolute Gasteiger partial charge is 0.493 e. The lowest BCUT2D eigenvalue weighted by atomic mass is 10.1. The predicted molar refractivity (Wildman–Crippen MR) is 130 cm³/mol. The van der Waals surface area contributed by atoms with Crippen LogP contribution in [0.15, 0.2) is 77.7 Å². The molecule has 1 amide bonds. The van der Waals surface area contributed by atoms with Crippen molar-refractivity contribution in [2.24, 2.45) is 5.92 Å². The number of ether oxygens (including phenoxy) is 2. The summed E-state index contributed by atoms with van der Waals surface area (Å²) < 4.78 is 12.8. The molecule has 0 bridgehead atoms. The van der Waals surface area contributed by atoms with E-state index in [0.717, 1.165) is 16.7 Å². The fourth-order valence-electron chi connectivity index (χ4n) is 3.13. The Labute approximate surface area is 194 Å². The number of nitrogens with zero attached hydrogens (tertiary/aromatic N) is 1. The van der Waals surface area contributed by atoms with Gasteiger partial charge in [0.25, 0.3) is 5.56 Å². The molecule has 6 heteroatoms. The van der Waals surface area contributed by atoms with Gasteiger partial charge in [0, 0.05) is 24.9 Å². The number of hydrogen-bond donors (Lipinski definition) is 1. The molecule has 0 aliphatic rings. The van der Waals surface area contributed by atoms with E-state index in [9.17, 15) is 9.59 Å². The van der Waals surface area contributed by atoms with Crippen LogP contribution >= 0.6 is 0 Å². The van der Waals surface area contributed by atoms with E-state index in [0.29, 0.717) is 37.1 Å². The molecule has 1 aromatic heterocycles. The van der Waals surface area contributed by atoms with E-state index >= 15 is 0 Å². The molecule has 1 heterocycles. The number of methoxy groups -OCH3 is 1. The minimum absolute atomic E-state index is 0.0315. The van der Waals surface area contributed by atoms with Gasteiger partial charge in [-0.05, 0) is 46.9 Å². The van der Waals surface area contributed by atoms with Crippen LogP contribution < -0.4 is 20.3 Å². The van der Waals surface area contributed by atoms with E-state index in [4.69, 9.17) is 9.47 Å². The average Bonchev–Trinajstić information content (AvgIpc) is 2.82. The van der Waals surface area contributed by atoms with Crippen LogP contribution in [0.1, 0.15) is 30.5 Å². The van der Waals surface area contributed by atoms with Crippen molar-refractivity contribution >= 4 is 12.0 Å². The van der Waals surface area contributed by atoms with Crippen LogP contribution in [-0.2, 0) is 17.9 Å². The van der Waals surface area contributed by atoms with E-state index in [1.165, 1.54) is 6.08 Å². The molecule has 0 spiro atoms. The van der Waals surface area contributed by atoms with Crippen LogP contribution in [0, 0.1) is 5.92 Å². The topological polar surface area (TPSA) is 69.6 Å². The quantitative estimate of drug-likeness (QED) is 0.472. The summed E-state index contributed by atoms with van der Waals surface area (Å²) in [4.78, 5) is 24.1. The van der Waals surface area contributed by atoms with Crippen molar-refractivity contribution in [3.05, 3.63) is 100.0 Å². The molecule has 0 saturated carbocycles. The van der Waals surface area contributed by atoms with Gasteiger partial charge in [0.2, 0.25) is 5.91 Å². The average molecular weight is 447 g/mol. The summed E-state index contributed by atoms with van der Waals surface area (Å²) in [7, 11) is 1.60. The van der Waals surface area contributed by atoms with Gasteiger partial charge in [-0.25, -0.2) is 0 Å². The van der Waals surface area contributed by atoms with E-state index in [-0.39, 0.29) is 11.5 Å². The van der Waals surface area contributed by atoms with Crippen molar-refractivity contribution in [3.63, 3.8) is 0 Å². The normalized spacial score (nSPS) is 11.0. The number of carbonyl (C=O) groups excluding carboxylic acids is 1. The van der Waals surface area contributed by atoms with E-state index in [1.807, 2.05) is 48.5 Å². The lowest BCUT2D eigenvalue weighted by Crippen LogP contribution is -2.20. The highest BCUT2D eigenvalue weighted by Gasteiger charge is 2.06. The zero-order chi connectivity index (χ0) is 23.6. The predicted octanol–water partition coefficient (Wildman–Crippen LogP) is 4.27. The van der Waals surface area contributed by atoms with Crippen LogP contribution in [0.5, 0.6) is 11.5 Å². The summed E-state index contributed by atoms with van der Waals surface area (Å²) in [5.41, 5.74) is 2.82. The van der Waals surface area contributed by atoms with Crippen LogP contribution in [0.2, 0.25) is 0 Å². The Morgan fingerprint density at radius 1 is 1.03 bits per heavy atom. The molecule has 0 atom stereocenters. The van der Waals surface area contributed by atoms with Gasteiger partial charge in [0.05, 0.1) is 20.3 Å². The first kappa shape index (κ1) is 23.9. The summed E-state index contributed by atoms with van der Waals surface area (Å²) in [5, 5.41) is 2.88. The number of nitrogens with one attached hydrogen (secondary N) is 1. The molecule has 1 N–H and O–H groups in total. The minimum atomic E-state index is -0.186. The Morgan fingerprint density at radius 2 is 1.79 bits per heavy atom. The van der Waals surface area contributed by atoms with Crippen molar-refractivity contribution in [1.82, 2.24) is 9.88 Å². The highest BCUT2D eigenvalue weighted by Crippen LogP contribution is 2.29. The van der Waals surface area contributed by atoms with Gasteiger partial charge in [0.15, 0.2) is 11.5 Å². The summed E-state index contributed by atoms with van der Waals surface area (Å²) >= 11 is 0. The van der Waals surface area contributed by atoms with Gasteiger partial charge in [-0.1, -0.05) is 50.2 Å². The smallest absolute Gasteiger partial charge is 0.250 e. The molecule has 0 saturated heterocycles. The maximum Gasteiger partial charge on any atom is 0.250 e. The van der Waals surface area contributed by atoms with Crippen LogP contribution in [0.25, 0.3) is 6.08 Å². The number of rotatable bonds is 10. The second-order valence-electron chi connectivity index (χ2n) is 8.15. The molecular formula is C27H30N2O4. The molecule has 0 radical (unpaired) electrons. The lowest BCUT2D eigenvalue weighted by molar-refractivity contribution is -0.116. The Kier molecular flexibility index (Phi) is 8.47. The van der Waals surface area contributed by atoms with E-state index in [1.54, 1.807) is 36.1 Å². The molecule has 3 aromatic rings. The summed E-state index contributed by atoms with van der Waals surface area (Å²) in [6.45, 7) is 5.72. The molecule has 0 fully saturated rings. The molecule has 0 unspecified atom stereocenters. The summed E-state index contributed by atoms with van der Waals surface area (Å²) in [6, 6.07) is 18.5. The zero-order valence-electron chi connectivity index (χ0n) is 19.3. The summed E-state index contributed by atoms with van der Waals surface area (Å²) in [6.07, 6.45) is 5.01. The maximum atomic E-state index is 12.2. The number of amides is 1. The van der Waals surface area contributed by atoms with Gasteiger partial charge < -0.3 is 19.4 Å². The number of aromatic nitrogens is 1. The zero-order valence-corrected chi connectivity index (χ0v) is 19.3. The van der Waals surface area contributed by atoms with E-state index in [2.05, 4.69) is 19.2 Å². The Hall–Kier alpha value is -3.80. The Balaban J connectivity index is 1.52. The monoisotopic (exact) mass is 446 g/mol. The van der Waals surface area contributed by atoms with Crippen molar-refractivity contribution in [3.8, 4) is 11.5 Å². The lowest BCUT2D eigenvalue weighted by Gasteiger charge is -2.12. The minimum Gasteiger partial charge on any atom is -0.493 e. The first-order chi connectivity index (χ1) is 15.9. The number of pyridine rings is 1. The second kappa shape index (κ2) is 11.7. The first-order valence-electron chi connectivity index (χ1n) is 10.9.